The quantitative estimate of drug-likeness (QED) is 0.813. The van der Waals surface area contributed by atoms with E-state index in [1.54, 1.807) is 0 Å². The maximum Gasteiger partial charge on any atom is 0.220 e. The van der Waals surface area contributed by atoms with E-state index in [4.69, 9.17) is 4.74 Å². The molecule has 0 radical (unpaired) electrons. The lowest BCUT2D eigenvalue weighted by Gasteiger charge is -2.18. The summed E-state index contributed by atoms with van der Waals surface area (Å²) < 4.78 is 18.0. The number of carbonyl (C=O) groups is 1. The third-order valence-electron chi connectivity index (χ3n) is 2.89. The monoisotopic (exact) mass is 297 g/mol. The number of halogens is 1. The molecule has 118 valence electrons. The van der Waals surface area contributed by atoms with Gasteiger partial charge in [0.15, 0.2) is 0 Å². The van der Waals surface area contributed by atoms with E-state index in [1.165, 1.54) is 24.3 Å². The van der Waals surface area contributed by atoms with Gasteiger partial charge in [0, 0.05) is 13.0 Å². The number of aliphatic hydroxyl groups is 1. The fourth-order valence-corrected chi connectivity index (χ4v) is 1.59. The molecule has 0 aliphatic carbocycles. The largest absolute Gasteiger partial charge is 0.491 e. The summed E-state index contributed by atoms with van der Waals surface area (Å²) >= 11 is 0. The summed E-state index contributed by atoms with van der Waals surface area (Å²) in [6.45, 7) is 6.42. The third-order valence-corrected chi connectivity index (χ3v) is 2.89. The molecule has 1 aromatic rings. The van der Waals surface area contributed by atoms with Crippen LogP contribution in [-0.4, -0.2) is 30.3 Å². The van der Waals surface area contributed by atoms with E-state index in [0.717, 1.165) is 6.42 Å². The highest BCUT2D eigenvalue weighted by atomic mass is 19.1. The zero-order valence-corrected chi connectivity index (χ0v) is 12.9. The average Bonchev–Trinajstić information content (AvgIpc) is 2.41. The number of ether oxygens (including phenoxy) is 1. The molecule has 21 heavy (non-hydrogen) atoms. The predicted molar refractivity (Wildman–Crippen MR) is 79.6 cm³/mol. The van der Waals surface area contributed by atoms with Crippen LogP contribution in [0.5, 0.6) is 5.75 Å². The summed E-state index contributed by atoms with van der Waals surface area (Å²) in [6.07, 6.45) is 0.435. The fraction of sp³-hybridized carbons (Fsp3) is 0.562. The van der Waals surface area contributed by atoms with Crippen molar-refractivity contribution in [2.75, 3.05) is 13.2 Å². The number of amides is 1. The number of hydrogen-bond donors (Lipinski definition) is 2. The second-order valence-corrected chi connectivity index (χ2v) is 6.28. The van der Waals surface area contributed by atoms with Crippen LogP contribution in [0.4, 0.5) is 4.39 Å². The van der Waals surface area contributed by atoms with Crippen LogP contribution in [0, 0.1) is 11.2 Å². The van der Waals surface area contributed by atoms with Crippen molar-refractivity contribution in [2.45, 2.75) is 39.7 Å². The average molecular weight is 297 g/mol. The minimum Gasteiger partial charge on any atom is -0.491 e. The summed E-state index contributed by atoms with van der Waals surface area (Å²) in [4.78, 5) is 11.6. The Bertz CT molecular complexity index is 440. The minimum absolute atomic E-state index is 0.0468. The van der Waals surface area contributed by atoms with Gasteiger partial charge in [0.25, 0.3) is 0 Å². The summed E-state index contributed by atoms with van der Waals surface area (Å²) in [5.41, 5.74) is 0.113. The highest BCUT2D eigenvalue weighted by molar-refractivity contribution is 5.75. The first-order chi connectivity index (χ1) is 9.76. The maximum absolute atomic E-state index is 12.7. The topological polar surface area (TPSA) is 58.6 Å². The van der Waals surface area contributed by atoms with Crippen molar-refractivity contribution in [3.8, 4) is 5.75 Å². The van der Waals surface area contributed by atoms with Crippen molar-refractivity contribution >= 4 is 5.91 Å². The number of hydrogen-bond acceptors (Lipinski definition) is 3. The first kappa shape index (κ1) is 17.4. The lowest BCUT2D eigenvalue weighted by atomic mass is 9.90. The fourth-order valence-electron chi connectivity index (χ4n) is 1.59. The summed E-state index contributed by atoms with van der Waals surface area (Å²) in [7, 11) is 0. The summed E-state index contributed by atoms with van der Waals surface area (Å²) in [6, 6.07) is 5.56. The molecular weight excluding hydrogens is 273 g/mol. The SMILES string of the molecule is CC(C)(C)CCC(=O)NCC(O)COc1ccc(F)cc1. The predicted octanol–water partition coefficient (Wildman–Crippen LogP) is 2.51. The van der Waals surface area contributed by atoms with Crippen LogP contribution in [-0.2, 0) is 4.79 Å². The molecule has 1 rings (SSSR count). The Morgan fingerprint density at radius 1 is 1.33 bits per heavy atom. The van der Waals surface area contributed by atoms with Gasteiger partial charge in [-0.05, 0) is 36.1 Å². The molecule has 1 unspecified atom stereocenters. The van der Waals surface area contributed by atoms with Gasteiger partial charge in [-0.1, -0.05) is 20.8 Å². The van der Waals surface area contributed by atoms with Gasteiger partial charge >= 0.3 is 0 Å². The Morgan fingerprint density at radius 2 is 1.95 bits per heavy atom. The van der Waals surface area contributed by atoms with E-state index in [0.29, 0.717) is 12.2 Å². The van der Waals surface area contributed by atoms with Crippen molar-refractivity contribution in [3.05, 3.63) is 30.1 Å². The molecule has 0 saturated heterocycles. The van der Waals surface area contributed by atoms with Gasteiger partial charge in [-0.15, -0.1) is 0 Å². The van der Waals surface area contributed by atoms with Crippen LogP contribution >= 0.6 is 0 Å². The molecule has 0 aromatic heterocycles. The zero-order valence-electron chi connectivity index (χ0n) is 12.9. The molecule has 0 bridgehead atoms. The molecule has 0 aliphatic rings. The number of nitrogens with one attached hydrogen (secondary N) is 1. The molecule has 0 spiro atoms. The zero-order chi connectivity index (χ0) is 15.9. The molecule has 0 heterocycles. The third kappa shape index (κ3) is 8.30. The van der Waals surface area contributed by atoms with Crippen molar-refractivity contribution in [1.29, 1.82) is 0 Å². The second kappa shape index (κ2) is 7.98. The van der Waals surface area contributed by atoms with Crippen LogP contribution in [0.2, 0.25) is 0 Å². The Kier molecular flexibility index (Phi) is 6.62. The van der Waals surface area contributed by atoms with Gasteiger partial charge in [0.2, 0.25) is 5.91 Å². The molecule has 5 heteroatoms. The molecular formula is C16H24FNO3. The molecule has 2 N–H and O–H groups in total. The first-order valence-corrected chi connectivity index (χ1v) is 7.09. The van der Waals surface area contributed by atoms with Crippen molar-refractivity contribution < 1.29 is 19.0 Å². The Labute approximate surface area is 125 Å². The standard InChI is InChI=1S/C16H24FNO3/c1-16(2,3)9-8-15(20)18-10-13(19)11-21-14-6-4-12(17)5-7-14/h4-7,13,19H,8-11H2,1-3H3,(H,18,20). The molecule has 0 aliphatic heterocycles. The number of aliphatic hydroxyl groups excluding tert-OH is 1. The Balaban J connectivity index is 2.20. The summed E-state index contributed by atoms with van der Waals surface area (Å²) in [5, 5.41) is 12.4. The van der Waals surface area contributed by atoms with Crippen molar-refractivity contribution in [2.24, 2.45) is 5.41 Å². The van der Waals surface area contributed by atoms with Crippen molar-refractivity contribution in [3.63, 3.8) is 0 Å². The lowest BCUT2D eigenvalue weighted by Crippen LogP contribution is -2.35. The lowest BCUT2D eigenvalue weighted by molar-refractivity contribution is -0.122. The van der Waals surface area contributed by atoms with E-state index in [-0.39, 0.29) is 30.3 Å². The second-order valence-electron chi connectivity index (χ2n) is 6.28. The van der Waals surface area contributed by atoms with Crippen molar-refractivity contribution in [1.82, 2.24) is 5.32 Å². The van der Waals surface area contributed by atoms with Gasteiger partial charge in [0.1, 0.15) is 24.3 Å². The Morgan fingerprint density at radius 3 is 2.52 bits per heavy atom. The molecule has 1 aromatic carbocycles. The van der Waals surface area contributed by atoms with Gasteiger partial charge in [-0.3, -0.25) is 4.79 Å². The summed E-state index contributed by atoms with van der Waals surface area (Å²) in [5.74, 6) is 0.0641. The molecule has 0 fully saturated rings. The van der Waals surface area contributed by atoms with Crippen LogP contribution in [0.3, 0.4) is 0 Å². The van der Waals surface area contributed by atoms with E-state index in [9.17, 15) is 14.3 Å². The maximum atomic E-state index is 12.7. The van der Waals surface area contributed by atoms with Crippen LogP contribution in [0.25, 0.3) is 0 Å². The first-order valence-electron chi connectivity index (χ1n) is 7.09. The molecule has 1 amide bonds. The number of benzene rings is 1. The number of carbonyl (C=O) groups excluding carboxylic acids is 1. The van der Waals surface area contributed by atoms with E-state index in [2.05, 4.69) is 26.1 Å². The van der Waals surface area contributed by atoms with Gasteiger partial charge in [0.05, 0.1) is 0 Å². The van der Waals surface area contributed by atoms with Gasteiger partial charge in [-0.2, -0.15) is 0 Å². The molecule has 0 saturated carbocycles. The van der Waals surface area contributed by atoms with Crippen LogP contribution in [0.15, 0.2) is 24.3 Å². The smallest absolute Gasteiger partial charge is 0.220 e. The van der Waals surface area contributed by atoms with E-state index < -0.39 is 6.10 Å². The molecule has 1 atom stereocenters. The number of rotatable bonds is 7. The normalized spacial score (nSPS) is 12.8. The Hall–Kier alpha value is -1.62. The van der Waals surface area contributed by atoms with Gasteiger partial charge < -0.3 is 15.2 Å². The minimum atomic E-state index is -0.798. The van der Waals surface area contributed by atoms with Crippen LogP contribution in [0.1, 0.15) is 33.6 Å². The highest BCUT2D eigenvalue weighted by Crippen LogP contribution is 2.20. The molecule has 4 nitrogen and oxygen atoms in total. The van der Waals surface area contributed by atoms with E-state index in [1.807, 2.05) is 0 Å². The van der Waals surface area contributed by atoms with Crippen LogP contribution < -0.4 is 10.1 Å². The van der Waals surface area contributed by atoms with E-state index >= 15 is 0 Å². The van der Waals surface area contributed by atoms with Gasteiger partial charge in [-0.25, -0.2) is 4.39 Å². The highest BCUT2D eigenvalue weighted by Gasteiger charge is 2.13.